The molecule has 5 nitrogen and oxygen atoms in total. The standard InChI is InChI=1S/C11H19N3O2S2/c1-2-8-18(15,16)13-9-10-4-3-6-14(10)11-12-5-7-17-11/h5,7,10,13H,2-4,6,8-9H2,1H3. The summed E-state index contributed by atoms with van der Waals surface area (Å²) in [5.74, 6) is 0.205. The van der Waals surface area contributed by atoms with Gasteiger partial charge in [0.1, 0.15) is 0 Å². The Morgan fingerprint density at radius 1 is 1.61 bits per heavy atom. The quantitative estimate of drug-likeness (QED) is 0.861. The molecule has 0 radical (unpaired) electrons. The molecule has 1 aliphatic rings. The molecule has 0 aliphatic carbocycles. The van der Waals surface area contributed by atoms with E-state index in [0.29, 0.717) is 13.0 Å². The van der Waals surface area contributed by atoms with Gasteiger partial charge in [-0.1, -0.05) is 6.92 Å². The Bertz CT molecular complexity index is 459. The van der Waals surface area contributed by atoms with E-state index in [4.69, 9.17) is 0 Å². The summed E-state index contributed by atoms with van der Waals surface area (Å²) in [7, 11) is -3.11. The fourth-order valence-electron chi connectivity index (χ4n) is 2.22. The van der Waals surface area contributed by atoms with Gasteiger partial charge in [-0.2, -0.15) is 0 Å². The Morgan fingerprint density at radius 3 is 3.11 bits per heavy atom. The van der Waals surface area contributed by atoms with Gasteiger partial charge >= 0.3 is 0 Å². The zero-order valence-corrected chi connectivity index (χ0v) is 12.1. The Kier molecular flexibility index (Phi) is 4.58. The van der Waals surface area contributed by atoms with Crippen molar-refractivity contribution in [1.82, 2.24) is 9.71 Å². The van der Waals surface area contributed by atoms with Crippen LogP contribution in [0.3, 0.4) is 0 Å². The number of aromatic nitrogens is 1. The summed E-state index contributed by atoms with van der Waals surface area (Å²) < 4.78 is 26.0. The normalized spacial score (nSPS) is 20.5. The maximum absolute atomic E-state index is 11.6. The van der Waals surface area contributed by atoms with Gasteiger partial charge < -0.3 is 4.90 Å². The molecule has 2 heterocycles. The lowest BCUT2D eigenvalue weighted by Crippen LogP contribution is -2.40. The summed E-state index contributed by atoms with van der Waals surface area (Å²) in [5, 5.41) is 2.94. The van der Waals surface area contributed by atoms with E-state index in [1.165, 1.54) is 0 Å². The summed E-state index contributed by atoms with van der Waals surface area (Å²) in [6.45, 7) is 3.33. The van der Waals surface area contributed by atoms with E-state index in [2.05, 4.69) is 14.6 Å². The van der Waals surface area contributed by atoms with Gasteiger partial charge in [0.05, 0.1) is 5.75 Å². The van der Waals surface area contributed by atoms with Crippen LogP contribution in [0.15, 0.2) is 11.6 Å². The van der Waals surface area contributed by atoms with E-state index >= 15 is 0 Å². The minimum absolute atomic E-state index is 0.205. The minimum atomic E-state index is -3.11. The second kappa shape index (κ2) is 5.99. The predicted molar refractivity (Wildman–Crippen MR) is 74.6 cm³/mol. The molecule has 0 spiro atoms. The van der Waals surface area contributed by atoms with Gasteiger partial charge in [0.25, 0.3) is 0 Å². The number of thiazole rings is 1. The molecular weight excluding hydrogens is 270 g/mol. The van der Waals surface area contributed by atoms with Gasteiger partial charge in [0.15, 0.2) is 5.13 Å². The second-order valence-electron chi connectivity index (χ2n) is 4.47. The van der Waals surface area contributed by atoms with Crippen LogP contribution < -0.4 is 9.62 Å². The van der Waals surface area contributed by atoms with Crippen molar-refractivity contribution in [3.8, 4) is 0 Å². The van der Waals surface area contributed by atoms with E-state index < -0.39 is 10.0 Å². The van der Waals surface area contributed by atoms with E-state index in [9.17, 15) is 8.42 Å². The third-order valence-electron chi connectivity index (χ3n) is 3.05. The number of hydrogen-bond donors (Lipinski definition) is 1. The van der Waals surface area contributed by atoms with E-state index in [1.807, 2.05) is 12.3 Å². The van der Waals surface area contributed by atoms with Crippen LogP contribution in [0, 0.1) is 0 Å². The maximum Gasteiger partial charge on any atom is 0.211 e. The highest BCUT2D eigenvalue weighted by molar-refractivity contribution is 7.89. The van der Waals surface area contributed by atoms with Crippen LogP contribution in [0.2, 0.25) is 0 Å². The van der Waals surface area contributed by atoms with Crippen LogP contribution in [0.25, 0.3) is 0 Å². The molecule has 1 aliphatic heterocycles. The number of nitrogens with zero attached hydrogens (tertiary/aromatic N) is 2. The van der Waals surface area contributed by atoms with Crippen molar-refractivity contribution in [1.29, 1.82) is 0 Å². The molecule has 7 heteroatoms. The Labute approximate surface area is 112 Å². The number of sulfonamides is 1. The van der Waals surface area contributed by atoms with Gasteiger partial charge in [-0.05, 0) is 19.3 Å². The van der Waals surface area contributed by atoms with Crippen molar-refractivity contribution in [2.75, 3.05) is 23.7 Å². The summed E-state index contributed by atoms with van der Waals surface area (Å²) >= 11 is 1.61. The molecular formula is C11H19N3O2S2. The van der Waals surface area contributed by atoms with Crippen LogP contribution in [-0.4, -0.2) is 38.3 Å². The first-order valence-corrected chi connectivity index (χ1v) is 8.79. The summed E-state index contributed by atoms with van der Waals surface area (Å²) in [4.78, 5) is 6.50. The first kappa shape index (κ1) is 13.8. The molecule has 1 aromatic heterocycles. The summed E-state index contributed by atoms with van der Waals surface area (Å²) in [6.07, 6.45) is 4.56. The van der Waals surface area contributed by atoms with Gasteiger partial charge in [-0.25, -0.2) is 18.1 Å². The van der Waals surface area contributed by atoms with Crippen LogP contribution in [0.1, 0.15) is 26.2 Å². The van der Waals surface area contributed by atoms with Crippen molar-refractivity contribution in [3.63, 3.8) is 0 Å². The SMILES string of the molecule is CCCS(=O)(=O)NCC1CCCN1c1nccs1. The fraction of sp³-hybridized carbons (Fsp3) is 0.727. The molecule has 2 rings (SSSR count). The molecule has 0 aromatic carbocycles. The average Bonchev–Trinajstić information content (AvgIpc) is 2.97. The molecule has 1 saturated heterocycles. The number of hydrogen-bond acceptors (Lipinski definition) is 5. The largest absolute Gasteiger partial charge is 0.344 e. The van der Waals surface area contributed by atoms with E-state index in [-0.39, 0.29) is 11.8 Å². The van der Waals surface area contributed by atoms with E-state index in [0.717, 1.165) is 24.5 Å². The Balaban J connectivity index is 1.93. The maximum atomic E-state index is 11.6. The minimum Gasteiger partial charge on any atom is -0.344 e. The third-order valence-corrected chi connectivity index (χ3v) is 5.41. The number of anilines is 1. The van der Waals surface area contributed by atoms with Gasteiger partial charge in [-0.15, -0.1) is 11.3 Å². The lowest BCUT2D eigenvalue weighted by Gasteiger charge is -2.24. The zero-order chi connectivity index (χ0) is 13.0. The highest BCUT2D eigenvalue weighted by atomic mass is 32.2. The first-order valence-electron chi connectivity index (χ1n) is 6.26. The van der Waals surface area contributed by atoms with Crippen molar-refractivity contribution in [2.24, 2.45) is 0 Å². The highest BCUT2D eigenvalue weighted by Crippen LogP contribution is 2.26. The highest BCUT2D eigenvalue weighted by Gasteiger charge is 2.27. The van der Waals surface area contributed by atoms with Gasteiger partial charge in [0.2, 0.25) is 10.0 Å². The number of nitrogens with one attached hydrogen (secondary N) is 1. The topological polar surface area (TPSA) is 62.3 Å². The van der Waals surface area contributed by atoms with Gasteiger partial charge in [-0.3, -0.25) is 0 Å². The monoisotopic (exact) mass is 289 g/mol. The molecule has 1 unspecified atom stereocenters. The molecule has 0 amide bonds. The van der Waals surface area contributed by atoms with Crippen molar-refractivity contribution >= 4 is 26.5 Å². The van der Waals surface area contributed by atoms with Gasteiger partial charge in [0, 0.05) is 30.7 Å². The lowest BCUT2D eigenvalue weighted by molar-refractivity contribution is 0.566. The number of rotatable bonds is 6. The molecule has 0 bridgehead atoms. The molecule has 1 aromatic rings. The lowest BCUT2D eigenvalue weighted by atomic mass is 10.2. The van der Waals surface area contributed by atoms with Crippen molar-refractivity contribution in [3.05, 3.63) is 11.6 Å². The molecule has 18 heavy (non-hydrogen) atoms. The third kappa shape index (κ3) is 3.43. The Hall–Kier alpha value is -0.660. The molecule has 1 atom stereocenters. The van der Waals surface area contributed by atoms with Crippen LogP contribution in [0.5, 0.6) is 0 Å². The zero-order valence-electron chi connectivity index (χ0n) is 10.5. The second-order valence-corrected chi connectivity index (χ2v) is 7.27. The Morgan fingerprint density at radius 2 is 2.44 bits per heavy atom. The van der Waals surface area contributed by atoms with Crippen LogP contribution >= 0.6 is 11.3 Å². The molecule has 1 fully saturated rings. The molecule has 0 saturated carbocycles. The van der Waals surface area contributed by atoms with Crippen LogP contribution in [-0.2, 0) is 10.0 Å². The molecule has 1 N–H and O–H groups in total. The van der Waals surface area contributed by atoms with Crippen molar-refractivity contribution < 1.29 is 8.42 Å². The smallest absolute Gasteiger partial charge is 0.211 e. The van der Waals surface area contributed by atoms with E-state index in [1.54, 1.807) is 17.5 Å². The average molecular weight is 289 g/mol. The summed E-state index contributed by atoms with van der Waals surface area (Å²) in [5.41, 5.74) is 0. The first-order chi connectivity index (χ1) is 8.62. The summed E-state index contributed by atoms with van der Waals surface area (Å²) in [6, 6.07) is 0.239. The fourth-order valence-corrected chi connectivity index (χ4v) is 4.09. The van der Waals surface area contributed by atoms with Crippen LogP contribution in [0.4, 0.5) is 5.13 Å². The van der Waals surface area contributed by atoms with Crippen molar-refractivity contribution in [2.45, 2.75) is 32.2 Å². The predicted octanol–water partition coefficient (Wildman–Crippen LogP) is 1.44. The molecule has 102 valence electrons.